The van der Waals surface area contributed by atoms with Crippen LogP contribution in [0.5, 0.6) is 0 Å². The molecule has 5 nitrogen and oxygen atoms in total. The van der Waals surface area contributed by atoms with Gasteiger partial charge in [-0.1, -0.05) is 0 Å². The third-order valence-electron chi connectivity index (χ3n) is 4.36. The lowest BCUT2D eigenvalue weighted by atomic mass is 9.99. The van der Waals surface area contributed by atoms with Gasteiger partial charge in [-0.05, 0) is 31.1 Å². The monoisotopic (exact) mass is 262 g/mol. The number of likely N-dealkylation sites (tertiary alicyclic amines) is 1. The van der Waals surface area contributed by atoms with Gasteiger partial charge >= 0.3 is 0 Å². The Balaban J connectivity index is 1.43. The predicted molar refractivity (Wildman–Crippen MR) is 72.2 cm³/mol. The van der Waals surface area contributed by atoms with E-state index in [9.17, 15) is 4.79 Å². The third kappa shape index (κ3) is 2.97. The molecule has 19 heavy (non-hydrogen) atoms. The fraction of sp³-hybridized carbons (Fsp3) is 0.714. The largest absolute Gasteiger partial charge is 0.341 e. The van der Waals surface area contributed by atoms with Crippen molar-refractivity contribution in [2.24, 2.45) is 17.6 Å². The first-order chi connectivity index (χ1) is 9.24. The lowest BCUT2D eigenvalue weighted by molar-refractivity contribution is -0.130. The van der Waals surface area contributed by atoms with E-state index in [1.54, 1.807) is 12.5 Å². The number of imidazole rings is 1. The summed E-state index contributed by atoms with van der Waals surface area (Å²) in [5.41, 5.74) is 6.15. The summed E-state index contributed by atoms with van der Waals surface area (Å²) in [6, 6.07) is 0.199. The Morgan fingerprint density at radius 2 is 2.21 bits per heavy atom. The highest BCUT2D eigenvalue weighted by molar-refractivity contribution is 5.76. The lowest BCUT2D eigenvalue weighted by Crippen LogP contribution is -2.32. The zero-order valence-corrected chi connectivity index (χ0v) is 11.2. The van der Waals surface area contributed by atoms with Crippen molar-refractivity contribution in [3.63, 3.8) is 0 Å². The Labute approximate surface area is 113 Å². The molecule has 2 aliphatic rings. The Kier molecular flexibility index (Phi) is 3.55. The highest BCUT2D eigenvalue weighted by atomic mass is 16.2. The molecular formula is C14H22N4O. The van der Waals surface area contributed by atoms with Gasteiger partial charge in [-0.15, -0.1) is 0 Å². The molecule has 104 valence electrons. The van der Waals surface area contributed by atoms with E-state index in [2.05, 4.69) is 4.98 Å². The number of aryl methyl sites for hydroxylation is 1. The second-order valence-corrected chi connectivity index (χ2v) is 5.87. The molecule has 2 fully saturated rings. The van der Waals surface area contributed by atoms with Gasteiger partial charge in [0.25, 0.3) is 0 Å². The number of amides is 1. The van der Waals surface area contributed by atoms with Gasteiger partial charge in [0.15, 0.2) is 0 Å². The first-order valence-corrected chi connectivity index (χ1v) is 7.23. The van der Waals surface area contributed by atoms with E-state index < -0.39 is 0 Å². The van der Waals surface area contributed by atoms with Crippen molar-refractivity contribution in [1.82, 2.24) is 14.5 Å². The van der Waals surface area contributed by atoms with Crippen molar-refractivity contribution in [1.29, 1.82) is 0 Å². The van der Waals surface area contributed by atoms with Crippen LogP contribution in [0.2, 0.25) is 0 Å². The maximum atomic E-state index is 12.2. The number of hydrogen-bond acceptors (Lipinski definition) is 3. The van der Waals surface area contributed by atoms with Crippen LogP contribution in [0.15, 0.2) is 18.7 Å². The summed E-state index contributed by atoms with van der Waals surface area (Å²) in [5.74, 6) is 1.61. The van der Waals surface area contributed by atoms with Gasteiger partial charge in [0, 0.05) is 44.5 Å². The quantitative estimate of drug-likeness (QED) is 0.856. The Hall–Kier alpha value is -1.36. The smallest absolute Gasteiger partial charge is 0.222 e. The summed E-state index contributed by atoms with van der Waals surface area (Å²) in [4.78, 5) is 18.1. The molecule has 0 radical (unpaired) electrons. The van der Waals surface area contributed by atoms with Crippen LogP contribution in [-0.2, 0) is 11.3 Å². The number of carbonyl (C=O) groups is 1. The molecule has 1 amide bonds. The topological polar surface area (TPSA) is 64.2 Å². The second kappa shape index (κ2) is 5.33. The molecule has 0 unspecified atom stereocenters. The molecule has 1 aliphatic heterocycles. The number of rotatable bonds is 5. The fourth-order valence-corrected chi connectivity index (χ4v) is 3.07. The first-order valence-electron chi connectivity index (χ1n) is 7.23. The van der Waals surface area contributed by atoms with E-state index in [1.165, 1.54) is 12.8 Å². The Morgan fingerprint density at radius 1 is 1.37 bits per heavy atom. The van der Waals surface area contributed by atoms with E-state index in [0.29, 0.717) is 12.3 Å². The standard InChI is InChI=1S/C14H22N4O/c15-13-9-18(8-12(13)11-3-4-11)14(19)2-1-6-17-7-5-16-10-17/h5,7,10-13H,1-4,6,8-9,15H2/t12-,13+/m0/s1. The van der Waals surface area contributed by atoms with Crippen molar-refractivity contribution < 1.29 is 4.79 Å². The Morgan fingerprint density at radius 3 is 2.89 bits per heavy atom. The van der Waals surface area contributed by atoms with Crippen LogP contribution in [0.25, 0.3) is 0 Å². The molecule has 0 aromatic carbocycles. The number of nitrogens with two attached hydrogens (primary N) is 1. The minimum absolute atomic E-state index is 0.199. The van der Waals surface area contributed by atoms with Crippen molar-refractivity contribution in [2.45, 2.75) is 38.3 Å². The van der Waals surface area contributed by atoms with Crippen molar-refractivity contribution in [2.75, 3.05) is 13.1 Å². The van der Waals surface area contributed by atoms with E-state index in [1.807, 2.05) is 15.7 Å². The van der Waals surface area contributed by atoms with Crippen LogP contribution in [0.3, 0.4) is 0 Å². The third-order valence-corrected chi connectivity index (χ3v) is 4.36. The van der Waals surface area contributed by atoms with Crippen LogP contribution >= 0.6 is 0 Å². The molecule has 1 aliphatic carbocycles. The van der Waals surface area contributed by atoms with Gasteiger partial charge < -0.3 is 15.2 Å². The maximum Gasteiger partial charge on any atom is 0.222 e. The molecule has 2 atom stereocenters. The first kappa shape index (κ1) is 12.7. The van der Waals surface area contributed by atoms with Crippen LogP contribution in [0, 0.1) is 11.8 Å². The normalized spacial score (nSPS) is 26.9. The minimum Gasteiger partial charge on any atom is -0.341 e. The minimum atomic E-state index is 0.199. The average molecular weight is 262 g/mol. The molecule has 1 saturated heterocycles. The van der Waals surface area contributed by atoms with E-state index >= 15 is 0 Å². The maximum absolute atomic E-state index is 12.2. The highest BCUT2D eigenvalue weighted by Crippen LogP contribution is 2.40. The molecule has 2 N–H and O–H groups in total. The molecule has 5 heteroatoms. The van der Waals surface area contributed by atoms with E-state index in [-0.39, 0.29) is 11.9 Å². The molecule has 0 spiro atoms. The molecule has 0 bridgehead atoms. The summed E-state index contributed by atoms with van der Waals surface area (Å²) >= 11 is 0. The summed E-state index contributed by atoms with van der Waals surface area (Å²) in [6.45, 7) is 2.50. The second-order valence-electron chi connectivity index (χ2n) is 5.87. The van der Waals surface area contributed by atoms with Crippen LogP contribution < -0.4 is 5.73 Å². The van der Waals surface area contributed by atoms with E-state index in [4.69, 9.17) is 5.73 Å². The molecule has 2 heterocycles. The summed E-state index contributed by atoms with van der Waals surface area (Å²) in [7, 11) is 0. The van der Waals surface area contributed by atoms with Gasteiger partial charge in [-0.25, -0.2) is 4.98 Å². The van der Waals surface area contributed by atoms with Crippen molar-refractivity contribution in [3.05, 3.63) is 18.7 Å². The SMILES string of the molecule is N[C@@H]1CN(C(=O)CCCn2ccnc2)C[C@H]1C1CC1. The van der Waals surface area contributed by atoms with Crippen LogP contribution in [-0.4, -0.2) is 39.5 Å². The van der Waals surface area contributed by atoms with Crippen molar-refractivity contribution in [3.8, 4) is 0 Å². The molecule has 1 saturated carbocycles. The predicted octanol–water partition coefficient (Wildman–Crippen LogP) is 0.859. The summed E-state index contributed by atoms with van der Waals surface area (Å²) < 4.78 is 2.01. The molecule has 3 rings (SSSR count). The van der Waals surface area contributed by atoms with Gasteiger partial charge in [-0.3, -0.25) is 4.79 Å². The lowest BCUT2D eigenvalue weighted by Gasteiger charge is -2.16. The Bertz CT molecular complexity index is 427. The molecular weight excluding hydrogens is 240 g/mol. The average Bonchev–Trinajstić information content (AvgIpc) is 2.96. The van der Waals surface area contributed by atoms with E-state index in [0.717, 1.165) is 32.0 Å². The van der Waals surface area contributed by atoms with Gasteiger partial charge in [0.05, 0.1) is 6.33 Å². The molecule has 1 aromatic rings. The van der Waals surface area contributed by atoms with Gasteiger partial charge in [-0.2, -0.15) is 0 Å². The number of aromatic nitrogens is 2. The number of nitrogens with zero attached hydrogens (tertiary/aromatic N) is 3. The summed E-state index contributed by atoms with van der Waals surface area (Å²) in [5, 5.41) is 0. The highest BCUT2D eigenvalue weighted by Gasteiger charge is 2.41. The summed E-state index contributed by atoms with van der Waals surface area (Å²) in [6.07, 6.45) is 9.58. The molecule has 1 aromatic heterocycles. The van der Waals surface area contributed by atoms with Crippen LogP contribution in [0.1, 0.15) is 25.7 Å². The van der Waals surface area contributed by atoms with Crippen molar-refractivity contribution >= 4 is 5.91 Å². The number of carbonyl (C=O) groups excluding carboxylic acids is 1. The van der Waals surface area contributed by atoms with Crippen LogP contribution in [0.4, 0.5) is 0 Å². The zero-order chi connectivity index (χ0) is 13.2. The number of hydrogen-bond donors (Lipinski definition) is 1. The fourth-order valence-electron chi connectivity index (χ4n) is 3.07. The van der Waals surface area contributed by atoms with Gasteiger partial charge in [0.1, 0.15) is 0 Å². The van der Waals surface area contributed by atoms with Gasteiger partial charge in [0.2, 0.25) is 5.91 Å². The zero-order valence-electron chi connectivity index (χ0n) is 11.2.